The molecule has 4 unspecified atom stereocenters. The van der Waals surface area contributed by atoms with Crippen molar-refractivity contribution in [3.05, 3.63) is 59.9 Å². The Kier molecular flexibility index (Phi) is 39.1. The van der Waals surface area contributed by atoms with Gasteiger partial charge in [-0.1, -0.05) is 39.5 Å². The second kappa shape index (κ2) is 47.9. The van der Waals surface area contributed by atoms with E-state index in [4.69, 9.17) is 54.0 Å². The number of anilines is 8. The topological polar surface area (TPSA) is 489 Å². The molecule has 738 valence electrons. The van der Waals surface area contributed by atoms with Gasteiger partial charge in [0.05, 0.1) is 66.4 Å². The van der Waals surface area contributed by atoms with Crippen molar-refractivity contribution in [1.29, 1.82) is 0 Å². The fraction of sp³-hybridized carbons (Fsp3) is 0.656. The summed E-state index contributed by atoms with van der Waals surface area (Å²) < 4.78 is 45.6. The molecule has 10 N–H and O–H groups in total. The molecule has 2 aromatic heterocycles. The molecule has 2 saturated heterocycles. The first-order valence-corrected chi connectivity index (χ1v) is 45.5. The van der Waals surface area contributed by atoms with E-state index >= 15 is 0 Å². The van der Waals surface area contributed by atoms with Crippen molar-refractivity contribution in [2.45, 2.75) is 295 Å². The number of fused-ring (bicyclic) bond motifs is 2. The lowest BCUT2D eigenvalue weighted by Crippen LogP contribution is -2.55. The van der Waals surface area contributed by atoms with Gasteiger partial charge in [0.15, 0.2) is 11.6 Å². The number of aromatic nitrogens is 4. The summed E-state index contributed by atoms with van der Waals surface area (Å²) in [6, 6.07) is 10.5. The molecular formula is C93H144N18O22. The van der Waals surface area contributed by atoms with Crippen LogP contribution in [0.1, 0.15) is 240 Å². The average Bonchev–Trinajstić information content (AvgIpc) is 1.70. The molecule has 6 atom stereocenters. The molecule has 2 aromatic carbocycles. The number of nitrogens with one attached hydrogen (secondary N) is 7. The first kappa shape index (κ1) is 109. The summed E-state index contributed by atoms with van der Waals surface area (Å²) >= 11 is 0. The number of ether oxygens (including phenoxy) is 9. The molecule has 2 aliphatic carbocycles. The summed E-state index contributed by atoms with van der Waals surface area (Å²) in [5.41, 5.74) is 2.70. The van der Waals surface area contributed by atoms with Gasteiger partial charge >= 0.3 is 42.2 Å². The lowest BCUT2D eigenvalue weighted by Gasteiger charge is -2.43. The number of esters is 4. The van der Waals surface area contributed by atoms with Crippen LogP contribution in [0.2, 0.25) is 0 Å². The molecule has 0 bridgehead atoms. The molecular weight excluding hydrogens is 1720 g/mol. The minimum absolute atomic E-state index is 0.0295. The molecule has 6 heterocycles. The van der Waals surface area contributed by atoms with E-state index < -0.39 is 81.1 Å². The molecule has 40 nitrogen and oxygen atoms in total. The molecule has 6 aliphatic rings. The second-order valence-electron chi connectivity index (χ2n) is 38.0. The van der Waals surface area contributed by atoms with E-state index in [1.165, 1.54) is 42.3 Å². The highest BCUT2D eigenvalue weighted by molar-refractivity contribution is 6.06. The molecule has 0 spiro atoms. The minimum Gasteiger partial charge on any atom is -0.495 e. The molecule has 4 aliphatic heterocycles. The second-order valence-corrected chi connectivity index (χ2v) is 38.0. The maximum Gasteiger partial charge on any atom is 0.408 e. The molecule has 4 fully saturated rings. The number of alkyl carbamates (subject to hydrolysis) is 3. The SMILES string of the molecule is CC[C@@H]1C(=O)N(C)c2cnc(Nc3ccc(C(=O)NC4CCN(CCC(C)(N)C(=O)OC)CC4)cc3OC)nc2N1C1CCCC1.CC[C@@H]1C(=O)N(C)c2cnc(Nc3ccc(C(=O)NC4CCN(CCC(C)(NC(=O)OC(C)(C)C)C(=O)OC)CC4)cc3OC)nc2N1C1CCCC1.COC(=O)C(C)(CC=O)NC(=O)OC(C)(C)C.COC(=O)C(C)(CCO)NC(=O)OC(C)(C)C. The Bertz CT molecular complexity index is 4670. The van der Waals surface area contributed by atoms with Gasteiger partial charge in [-0.2, -0.15) is 9.97 Å². The van der Waals surface area contributed by atoms with Gasteiger partial charge < -0.3 is 125 Å². The summed E-state index contributed by atoms with van der Waals surface area (Å²) in [5, 5.41) is 29.2. The van der Waals surface area contributed by atoms with Crippen molar-refractivity contribution < 1.29 is 105 Å². The van der Waals surface area contributed by atoms with E-state index in [2.05, 4.69) is 76.3 Å². The zero-order chi connectivity index (χ0) is 98.9. The van der Waals surface area contributed by atoms with Gasteiger partial charge in [-0.05, 0) is 203 Å². The van der Waals surface area contributed by atoms with Crippen LogP contribution in [0.5, 0.6) is 11.5 Å². The van der Waals surface area contributed by atoms with Crippen molar-refractivity contribution in [2.24, 2.45) is 5.73 Å². The fourth-order valence-corrected chi connectivity index (χ4v) is 16.5. The largest absolute Gasteiger partial charge is 0.495 e. The lowest BCUT2D eigenvalue weighted by molar-refractivity contribution is -0.149. The van der Waals surface area contributed by atoms with Crippen molar-refractivity contribution in [2.75, 3.05) is 133 Å². The summed E-state index contributed by atoms with van der Waals surface area (Å²) in [5.74, 6) is 0.714. The Hall–Kier alpha value is -11.5. The van der Waals surface area contributed by atoms with Crippen molar-refractivity contribution in [3.63, 3.8) is 0 Å². The van der Waals surface area contributed by atoms with Crippen LogP contribution in [0.4, 0.5) is 60.7 Å². The number of nitrogens with zero attached hydrogens (tertiary/aromatic N) is 10. The van der Waals surface area contributed by atoms with Crippen LogP contribution in [0.25, 0.3) is 0 Å². The monoisotopic (exact) mass is 1870 g/mol. The number of piperidine rings is 2. The van der Waals surface area contributed by atoms with Gasteiger partial charge in [-0.3, -0.25) is 24.0 Å². The fourth-order valence-electron chi connectivity index (χ4n) is 16.5. The van der Waals surface area contributed by atoms with Gasteiger partial charge in [-0.15, -0.1) is 0 Å². The molecule has 2 saturated carbocycles. The maximum atomic E-state index is 13.4. The third-order valence-electron chi connectivity index (χ3n) is 24.0. The molecule has 10 rings (SSSR count). The summed E-state index contributed by atoms with van der Waals surface area (Å²) in [7, 11) is 11.7. The van der Waals surface area contributed by atoms with E-state index in [0.29, 0.717) is 115 Å². The predicted molar refractivity (Wildman–Crippen MR) is 501 cm³/mol. The zero-order valence-electron chi connectivity index (χ0n) is 81.9. The highest BCUT2D eigenvalue weighted by Crippen LogP contribution is 2.43. The quantitative estimate of drug-likeness (QED) is 0.0128. The normalized spacial score (nSPS) is 18.7. The Labute approximate surface area is 781 Å². The average molecular weight is 1870 g/mol. The number of aliphatic hydroxyl groups excluding tert-OH is 1. The number of rotatable bonds is 31. The van der Waals surface area contributed by atoms with Crippen molar-refractivity contribution in [1.82, 2.24) is 56.3 Å². The Morgan fingerprint density at radius 2 is 0.820 bits per heavy atom. The maximum absolute atomic E-state index is 13.4. The number of carbonyl (C=O) groups excluding carboxylic acids is 12. The van der Waals surface area contributed by atoms with Gasteiger partial charge in [0.2, 0.25) is 23.7 Å². The Balaban J connectivity index is 0.000000272. The van der Waals surface area contributed by atoms with Gasteiger partial charge in [0, 0.05) is 108 Å². The number of hydrogen-bond donors (Lipinski definition) is 9. The summed E-state index contributed by atoms with van der Waals surface area (Å²) in [4.78, 5) is 178. The first-order chi connectivity index (χ1) is 62.5. The number of aldehydes is 1. The number of aliphatic hydroxyl groups is 1. The Morgan fingerprint density at radius 1 is 0.481 bits per heavy atom. The first-order valence-electron chi connectivity index (χ1n) is 45.5. The van der Waals surface area contributed by atoms with E-state index in [-0.39, 0.29) is 79.3 Å². The zero-order valence-corrected chi connectivity index (χ0v) is 81.9. The number of nitrogens with two attached hydrogens (primary N) is 1. The number of amides is 7. The van der Waals surface area contributed by atoms with Crippen LogP contribution in [0.15, 0.2) is 48.8 Å². The molecule has 7 amide bonds. The smallest absolute Gasteiger partial charge is 0.408 e. The van der Waals surface area contributed by atoms with Crippen LogP contribution in [-0.2, 0) is 66.7 Å². The number of carbonyl (C=O) groups is 12. The van der Waals surface area contributed by atoms with E-state index in [9.17, 15) is 57.5 Å². The third kappa shape index (κ3) is 30.2. The van der Waals surface area contributed by atoms with E-state index in [1.807, 2.05) is 13.8 Å². The molecule has 40 heteroatoms. The van der Waals surface area contributed by atoms with Gasteiger partial charge in [-0.25, -0.2) is 38.7 Å². The lowest BCUT2D eigenvalue weighted by atomic mass is 9.96. The number of benzene rings is 2. The molecule has 133 heavy (non-hydrogen) atoms. The highest BCUT2D eigenvalue weighted by atomic mass is 16.6. The number of methoxy groups -OCH3 is 6. The van der Waals surface area contributed by atoms with Gasteiger partial charge in [0.1, 0.15) is 80.2 Å². The number of hydrogen-bond acceptors (Lipinski definition) is 33. The third-order valence-corrected chi connectivity index (χ3v) is 24.0. The highest BCUT2D eigenvalue weighted by Gasteiger charge is 2.46. The van der Waals surface area contributed by atoms with Crippen LogP contribution < -0.4 is 72.0 Å². The standard InChI is InChI=1S/C38H56N8O7.C33H48N8O5.C11H21NO5.C11H19NO5/c1-9-28-33(48)44(6)29-23-39-35(42-31(29)46(28)26-12-10-11-13-26)41-27-15-14-24(22-30(27)51-7)32(47)40-25-16-19-45(20-17-25)21-18-38(5,34(49)52-8)43-36(50)53-37(2,3)4;1-6-25-30(43)39(3)26-20-35-32(38-28(26)41(25)23-9-7-8-10-23)37-24-12-11-21(19-27(24)45-4)29(42)36-22-13-16-40(17-14-22)18-15-33(2,34)31(44)46-5;2*1-10(2,3)17-9(15)12-11(4,6-7-13)8(14)16-5/h14-15,22-23,25-26,28H,9-13,16-21H2,1-8H3,(H,40,47)(H,43,50)(H,39,41,42);11-12,19-20,22-23,25H,6-10,13-18,34H2,1-5H3,(H,36,42)(H,35,37,38);13H,6-7H2,1-5H3,(H,12,15);7H,6H2,1-5H3,(H,12,15)/t28-,38?;25-,33?;;/m11../s1. The number of likely N-dealkylation sites (tertiary alicyclic amines) is 2. The number of likely N-dealkylation sites (N-methyl/N-ethyl adjacent to an activating group) is 2. The minimum atomic E-state index is -1.40. The molecule has 0 radical (unpaired) electrons. The van der Waals surface area contributed by atoms with E-state index in [0.717, 1.165) is 102 Å². The van der Waals surface area contributed by atoms with E-state index in [1.54, 1.807) is 163 Å². The van der Waals surface area contributed by atoms with Crippen LogP contribution in [0.3, 0.4) is 0 Å². The summed E-state index contributed by atoms with van der Waals surface area (Å²) in [6.07, 6.45) is 15.6. The van der Waals surface area contributed by atoms with Crippen LogP contribution >= 0.6 is 0 Å². The van der Waals surface area contributed by atoms with Crippen LogP contribution in [-0.4, -0.2) is 285 Å². The van der Waals surface area contributed by atoms with Crippen molar-refractivity contribution >= 4 is 118 Å². The van der Waals surface area contributed by atoms with Gasteiger partial charge in [0.25, 0.3) is 11.8 Å². The summed E-state index contributed by atoms with van der Waals surface area (Å²) in [6.45, 7) is 29.8. The van der Waals surface area contributed by atoms with Crippen molar-refractivity contribution in [3.8, 4) is 11.5 Å². The Morgan fingerprint density at radius 3 is 1.14 bits per heavy atom. The predicted octanol–water partition coefficient (Wildman–Crippen LogP) is 9.84. The van der Waals surface area contributed by atoms with Crippen LogP contribution in [0, 0.1) is 0 Å². The molecule has 4 aromatic rings.